The molecule has 48 heavy (non-hydrogen) atoms. The maximum Gasteiger partial charge on any atom is 0.416 e. The summed E-state index contributed by atoms with van der Waals surface area (Å²) < 4.78 is 48.6. The van der Waals surface area contributed by atoms with E-state index in [-0.39, 0.29) is 11.4 Å². The van der Waals surface area contributed by atoms with Gasteiger partial charge in [0.05, 0.1) is 73.9 Å². The van der Waals surface area contributed by atoms with Crippen molar-refractivity contribution in [1.29, 1.82) is 15.8 Å². The van der Waals surface area contributed by atoms with E-state index in [2.05, 4.69) is 18.2 Å². The number of fused-ring (bicyclic) bond motifs is 6. The third-order valence-corrected chi connectivity index (χ3v) is 8.79. The first-order valence-corrected chi connectivity index (χ1v) is 14.9. The Hall–Kier alpha value is -6.82. The zero-order valence-corrected chi connectivity index (χ0v) is 24.9. The molecule has 8 heteroatoms. The normalized spacial score (nSPS) is 11.6. The van der Waals surface area contributed by atoms with Crippen molar-refractivity contribution in [1.82, 2.24) is 9.13 Å². The molecule has 2 heterocycles. The first-order chi connectivity index (χ1) is 23.3. The fraction of sp³-hybridized carbons (Fsp3) is 0.0250. The molecule has 226 valence electrons. The molecule has 0 spiro atoms. The van der Waals surface area contributed by atoms with Crippen molar-refractivity contribution in [2.75, 3.05) is 0 Å². The van der Waals surface area contributed by atoms with E-state index in [0.29, 0.717) is 49.9 Å². The Labute approximate surface area is 271 Å². The van der Waals surface area contributed by atoms with Crippen LogP contribution in [0.15, 0.2) is 121 Å². The number of para-hydroxylation sites is 2. The van der Waals surface area contributed by atoms with Gasteiger partial charge in [-0.2, -0.15) is 29.0 Å². The van der Waals surface area contributed by atoms with Gasteiger partial charge in [0.15, 0.2) is 0 Å². The average Bonchev–Trinajstić information content (AvgIpc) is 3.62. The van der Waals surface area contributed by atoms with Gasteiger partial charge in [-0.25, -0.2) is 0 Å². The van der Waals surface area contributed by atoms with Crippen molar-refractivity contribution in [2.24, 2.45) is 0 Å². The highest BCUT2D eigenvalue weighted by atomic mass is 19.4. The SMILES string of the molecule is N#Cc1cccc(-c2c(-n3c4ccccc4c4cc(C#N)ccc43)cc(C(F)(F)F)cc2-n2c3ccccc3c3cc(C#N)ccc32)c1. The van der Waals surface area contributed by atoms with E-state index in [1.165, 1.54) is 0 Å². The molecule has 0 radical (unpaired) electrons. The van der Waals surface area contributed by atoms with Crippen molar-refractivity contribution in [3.05, 3.63) is 144 Å². The topological polar surface area (TPSA) is 81.2 Å². The summed E-state index contributed by atoms with van der Waals surface area (Å²) in [5.74, 6) is 0. The zero-order chi connectivity index (χ0) is 33.2. The van der Waals surface area contributed by atoms with Crippen molar-refractivity contribution >= 4 is 43.6 Å². The molecule has 0 fully saturated rings. The van der Waals surface area contributed by atoms with Gasteiger partial charge in [0, 0.05) is 27.1 Å². The summed E-state index contributed by atoms with van der Waals surface area (Å²) in [5, 5.41) is 32.2. The summed E-state index contributed by atoms with van der Waals surface area (Å²) in [6, 6.07) is 40.8. The Morgan fingerprint density at radius 2 is 0.917 bits per heavy atom. The van der Waals surface area contributed by atoms with Gasteiger partial charge in [0.25, 0.3) is 0 Å². The smallest absolute Gasteiger partial charge is 0.309 e. The van der Waals surface area contributed by atoms with E-state index >= 15 is 13.2 Å². The van der Waals surface area contributed by atoms with Crippen LogP contribution in [0.2, 0.25) is 0 Å². The summed E-state index contributed by atoms with van der Waals surface area (Å²) in [4.78, 5) is 0. The lowest BCUT2D eigenvalue weighted by molar-refractivity contribution is -0.137. The van der Waals surface area contributed by atoms with Crippen LogP contribution in [0.25, 0.3) is 66.1 Å². The van der Waals surface area contributed by atoms with E-state index in [9.17, 15) is 15.8 Å². The minimum absolute atomic E-state index is 0.255. The van der Waals surface area contributed by atoms with Gasteiger partial charge in [0.1, 0.15) is 0 Å². The maximum atomic E-state index is 15.0. The van der Waals surface area contributed by atoms with Crippen molar-refractivity contribution < 1.29 is 13.2 Å². The van der Waals surface area contributed by atoms with Crippen LogP contribution >= 0.6 is 0 Å². The molecule has 8 rings (SSSR count). The Kier molecular flexibility index (Phi) is 6.34. The predicted molar refractivity (Wildman–Crippen MR) is 180 cm³/mol. The Morgan fingerprint density at radius 1 is 0.458 bits per heavy atom. The van der Waals surface area contributed by atoms with Crippen LogP contribution in [-0.4, -0.2) is 9.13 Å². The molecule has 0 unspecified atom stereocenters. The number of nitriles is 3. The molecule has 2 aromatic heterocycles. The second kappa shape index (κ2) is 10.6. The van der Waals surface area contributed by atoms with Gasteiger partial charge < -0.3 is 9.13 Å². The van der Waals surface area contributed by atoms with Crippen molar-refractivity contribution in [3.8, 4) is 40.7 Å². The van der Waals surface area contributed by atoms with Gasteiger partial charge in [-0.05, 0) is 78.4 Å². The van der Waals surface area contributed by atoms with E-state index in [0.717, 1.165) is 33.7 Å². The van der Waals surface area contributed by atoms with Gasteiger partial charge in [0.2, 0.25) is 0 Å². The second-order valence-electron chi connectivity index (χ2n) is 11.5. The standard InChI is InChI=1S/C40H20F3N5/c41-40(42,43)28-19-37(47-33-10-3-1-8-29(33)31-17-25(22-45)12-14-35(31)47)39(27-7-5-6-24(16-27)21-44)38(20-28)48-34-11-4-2-9-30(34)32-18-26(23-46)13-15-36(32)48/h1-20H. The molecular weight excluding hydrogens is 607 g/mol. The first-order valence-electron chi connectivity index (χ1n) is 14.9. The summed E-state index contributed by atoms with van der Waals surface area (Å²) in [6.45, 7) is 0. The minimum Gasteiger partial charge on any atom is -0.309 e. The third-order valence-electron chi connectivity index (χ3n) is 8.79. The van der Waals surface area contributed by atoms with Crippen LogP contribution in [0.3, 0.4) is 0 Å². The number of hydrogen-bond donors (Lipinski definition) is 0. The van der Waals surface area contributed by atoms with Crippen LogP contribution < -0.4 is 0 Å². The number of nitrogens with zero attached hydrogens (tertiary/aromatic N) is 5. The van der Waals surface area contributed by atoms with E-state index in [4.69, 9.17) is 0 Å². The van der Waals surface area contributed by atoms with Crippen LogP contribution in [0.5, 0.6) is 0 Å². The number of alkyl halides is 3. The van der Waals surface area contributed by atoms with Crippen LogP contribution in [0.4, 0.5) is 13.2 Å². The lowest BCUT2D eigenvalue weighted by Gasteiger charge is -2.22. The molecular formula is C40H20F3N5. The molecule has 8 aromatic rings. The second-order valence-corrected chi connectivity index (χ2v) is 11.5. The van der Waals surface area contributed by atoms with Gasteiger partial charge in [-0.15, -0.1) is 0 Å². The molecule has 6 aromatic carbocycles. The lowest BCUT2D eigenvalue weighted by atomic mass is 9.96. The quantitative estimate of drug-likeness (QED) is 0.195. The Morgan fingerprint density at radius 3 is 1.40 bits per heavy atom. The monoisotopic (exact) mass is 627 g/mol. The molecule has 5 nitrogen and oxygen atoms in total. The molecule has 0 amide bonds. The lowest BCUT2D eigenvalue weighted by Crippen LogP contribution is -2.11. The molecule has 0 aliphatic heterocycles. The average molecular weight is 628 g/mol. The molecule has 0 atom stereocenters. The van der Waals surface area contributed by atoms with Gasteiger partial charge >= 0.3 is 6.18 Å². The highest BCUT2D eigenvalue weighted by Crippen LogP contribution is 2.45. The largest absolute Gasteiger partial charge is 0.416 e. The van der Waals surface area contributed by atoms with E-state index < -0.39 is 11.7 Å². The molecule has 0 saturated carbocycles. The highest BCUT2D eigenvalue weighted by molar-refractivity contribution is 6.12. The number of halogens is 3. The maximum absolute atomic E-state index is 15.0. The predicted octanol–water partition coefficient (Wildman–Crippen LogP) is 10.2. The summed E-state index contributed by atoms with van der Waals surface area (Å²) in [7, 11) is 0. The van der Waals surface area contributed by atoms with E-state index in [1.807, 2.05) is 48.5 Å². The first kappa shape index (κ1) is 28.6. The summed E-state index contributed by atoms with van der Waals surface area (Å²) in [5.41, 5.74) is 4.45. The number of aromatic nitrogens is 2. The molecule has 0 N–H and O–H groups in total. The Balaban J connectivity index is 1.62. The van der Waals surface area contributed by atoms with E-state index in [1.54, 1.807) is 69.8 Å². The Bertz CT molecular complexity index is 2610. The summed E-state index contributed by atoms with van der Waals surface area (Å²) >= 11 is 0. The van der Waals surface area contributed by atoms with Crippen molar-refractivity contribution in [2.45, 2.75) is 6.18 Å². The van der Waals surface area contributed by atoms with Gasteiger partial charge in [-0.3, -0.25) is 0 Å². The molecule has 0 aliphatic carbocycles. The van der Waals surface area contributed by atoms with Crippen LogP contribution in [0, 0.1) is 34.0 Å². The molecule has 0 bridgehead atoms. The van der Waals surface area contributed by atoms with Gasteiger partial charge in [-0.1, -0.05) is 48.5 Å². The number of benzene rings is 6. The fourth-order valence-electron chi connectivity index (χ4n) is 6.77. The fourth-order valence-corrected chi connectivity index (χ4v) is 6.77. The van der Waals surface area contributed by atoms with Crippen LogP contribution in [0.1, 0.15) is 22.3 Å². The summed E-state index contributed by atoms with van der Waals surface area (Å²) in [6.07, 6.45) is -4.71. The third kappa shape index (κ3) is 4.31. The number of hydrogen-bond acceptors (Lipinski definition) is 3. The molecule has 0 aliphatic rings. The molecule has 0 saturated heterocycles. The number of rotatable bonds is 3. The van der Waals surface area contributed by atoms with Crippen LogP contribution in [-0.2, 0) is 6.18 Å². The van der Waals surface area contributed by atoms with Crippen molar-refractivity contribution in [3.63, 3.8) is 0 Å². The highest BCUT2D eigenvalue weighted by Gasteiger charge is 2.34. The minimum atomic E-state index is -4.71. The zero-order valence-electron chi connectivity index (χ0n) is 24.9.